The van der Waals surface area contributed by atoms with Gasteiger partial charge in [-0.05, 0) is 52.7 Å². The summed E-state index contributed by atoms with van der Waals surface area (Å²) >= 11 is 0. The van der Waals surface area contributed by atoms with Crippen LogP contribution in [0.2, 0.25) is 0 Å². The Morgan fingerprint density at radius 1 is 1.36 bits per heavy atom. The lowest BCUT2D eigenvalue weighted by Crippen LogP contribution is -2.40. The van der Waals surface area contributed by atoms with Crippen LogP contribution in [0.1, 0.15) is 26.7 Å². The van der Waals surface area contributed by atoms with Crippen LogP contribution in [0.5, 0.6) is 0 Å². The molecule has 0 unspecified atom stereocenters. The Labute approximate surface area is 87.5 Å². The van der Waals surface area contributed by atoms with Crippen molar-refractivity contribution >= 4 is 0 Å². The minimum absolute atomic E-state index is 0.568. The Morgan fingerprint density at radius 3 is 2.43 bits per heavy atom. The van der Waals surface area contributed by atoms with Gasteiger partial charge in [0.1, 0.15) is 0 Å². The van der Waals surface area contributed by atoms with Gasteiger partial charge in [-0.15, -0.1) is 0 Å². The first-order valence-corrected chi connectivity index (χ1v) is 5.59. The third-order valence-corrected chi connectivity index (χ3v) is 2.69. The largest absolute Gasteiger partial charge is 0.389 e. The number of nitrogens with one attached hydrogen (secondary N) is 1. The Balaban J connectivity index is 2.21. The van der Waals surface area contributed by atoms with Crippen LogP contribution in [0.15, 0.2) is 0 Å². The number of hydrogen-bond acceptors (Lipinski definition) is 3. The molecule has 0 aromatic carbocycles. The molecule has 1 aliphatic rings. The predicted octanol–water partition coefficient (Wildman–Crippen LogP) is 0.689. The first-order valence-electron chi connectivity index (χ1n) is 5.59. The van der Waals surface area contributed by atoms with E-state index in [0.717, 1.165) is 32.1 Å². The summed E-state index contributed by atoms with van der Waals surface area (Å²) in [7, 11) is 2.10. The highest BCUT2D eigenvalue weighted by Gasteiger charge is 2.19. The maximum Gasteiger partial charge on any atom is 0.0718 e. The van der Waals surface area contributed by atoms with Crippen LogP contribution in [-0.4, -0.2) is 48.8 Å². The molecule has 14 heavy (non-hydrogen) atoms. The van der Waals surface area contributed by atoms with Crippen molar-refractivity contribution in [2.45, 2.75) is 32.3 Å². The van der Waals surface area contributed by atoms with E-state index in [9.17, 15) is 5.11 Å². The molecular weight excluding hydrogens is 176 g/mol. The van der Waals surface area contributed by atoms with Crippen molar-refractivity contribution in [3.63, 3.8) is 0 Å². The monoisotopic (exact) mass is 200 g/mol. The van der Waals surface area contributed by atoms with Crippen molar-refractivity contribution < 1.29 is 5.11 Å². The Bertz CT molecular complexity index is 159. The Kier molecular flexibility index (Phi) is 4.35. The second kappa shape index (κ2) is 5.10. The number of nitrogens with zero attached hydrogens (tertiary/aromatic N) is 1. The third kappa shape index (κ3) is 4.94. The Hall–Kier alpha value is -0.120. The molecule has 1 rings (SSSR count). The van der Waals surface area contributed by atoms with E-state index in [1.54, 1.807) is 0 Å². The fourth-order valence-electron chi connectivity index (χ4n) is 2.23. The molecule has 1 fully saturated rings. The number of piperidine rings is 1. The maximum absolute atomic E-state index is 9.66. The number of likely N-dealkylation sites (N-methyl/N-ethyl adjacent to an activating group) is 1. The molecule has 2 N–H and O–H groups in total. The van der Waals surface area contributed by atoms with E-state index < -0.39 is 5.60 Å². The lowest BCUT2D eigenvalue weighted by Gasteiger charge is -2.30. The van der Waals surface area contributed by atoms with Crippen molar-refractivity contribution in [2.75, 3.05) is 33.2 Å². The molecule has 3 heteroatoms. The van der Waals surface area contributed by atoms with Gasteiger partial charge in [-0.3, -0.25) is 0 Å². The predicted molar refractivity (Wildman–Crippen MR) is 59.4 cm³/mol. The van der Waals surface area contributed by atoms with Gasteiger partial charge >= 0.3 is 0 Å². The zero-order chi connectivity index (χ0) is 10.6. The smallest absolute Gasteiger partial charge is 0.0718 e. The third-order valence-electron chi connectivity index (χ3n) is 2.69. The van der Waals surface area contributed by atoms with Gasteiger partial charge in [-0.1, -0.05) is 0 Å². The normalized spacial score (nSPS) is 20.4. The van der Waals surface area contributed by atoms with Gasteiger partial charge in [0.25, 0.3) is 0 Å². The van der Waals surface area contributed by atoms with Crippen molar-refractivity contribution in [3.8, 4) is 0 Å². The number of aliphatic hydroxyl groups is 1. The lowest BCUT2D eigenvalue weighted by molar-refractivity contribution is 0.0387. The minimum Gasteiger partial charge on any atom is -0.389 e. The van der Waals surface area contributed by atoms with Gasteiger partial charge in [0.05, 0.1) is 5.60 Å². The topological polar surface area (TPSA) is 35.5 Å². The van der Waals surface area contributed by atoms with Gasteiger partial charge in [-0.25, -0.2) is 0 Å². The summed E-state index contributed by atoms with van der Waals surface area (Å²) < 4.78 is 0. The number of hydrogen-bond donors (Lipinski definition) is 2. The van der Waals surface area contributed by atoms with Gasteiger partial charge < -0.3 is 15.3 Å². The highest BCUT2D eigenvalue weighted by molar-refractivity contribution is 4.75. The van der Waals surface area contributed by atoms with Crippen molar-refractivity contribution in [3.05, 3.63) is 0 Å². The quantitative estimate of drug-likeness (QED) is 0.701. The molecule has 0 aromatic rings. The molecular formula is C11H24N2O. The van der Waals surface area contributed by atoms with Gasteiger partial charge in [-0.2, -0.15) is 0 Å². The second-order valence-corrected chi connectivity index (χ2v) is 5.20. The van der Waals surface area contributed by atoms with Crippen LogP contribution >= 0.6 is 0 Å². The molecule has 1 saturated heterocycles. The first-order chi connectivity index (χ1) is 6.47. The van der Waals surface area contributed by atoms with E-state index >= 15 is 0 Å². The fraction of sp³-hybridized carbons (Fsp3) is 1.00. The van der Waals surface area contributed by atoms with Crippen LogP contribution in [-0.2, 0) is 0 Å². The molecule has 0 atom stereocenters. The molecule has 0 bridgehead atoms. The van der Waals surface area contributed by atoms with Gasteiger partial charge in [0.15, 0.2) is 0 Å². The van der Waals surface area contributed by atoms with E-state index in [2.05, 4.69) is 17.3 Å². The zero-order valence-corrected chi connectivity index (χ0v) is 9.71. The molecule has 0 aliphatic carbocycles. The SMILES string of the molecule is CN(CC1CCNCC1)CC(C)(C)O. The summed E-state index contributed by atoms with van der Waals surface area (Å²) in [5.41, 5.74) is -0.568. The maximum atomic E-state index is 9.66. The molecule has 0 spiro atoms. The first kappa shape index (κ1) is 12.0. The standard InChI is InChI=1S/C11H24N2O/c1-11(2,14)9-13(3)8-10-4-6-12-7-5-10/h10,12,14H,4-9H2,1-3H3. The highest BCUT2D eigenvalue weighted by Crippen LogP contribution is 2.14. The summed E-state index contributed by atoms with van der Waals surface area (Å²) in [5.74, 6) is 0.809. The minimum atomic E-state index is -0.568. The molecule has 84 valence electrons. The van der Waals surface area contributed by atoms with E-state index in [1.807, 2.05) is 13.8 Å². The van der Waals surface area contributed by atoms with Crippen LogP contribution in [0, 0.1) is 5.92 Å². The molecule has 1 heterocycles. The average molecular weight is 200 g/mol. The van der Waals surface area contributed by atoms with Crippen LogP contribution in [0.4, 0.5) is 0 Å². The highest BCUT2D eigenvalue weighted by atomic mass is 16.3. The van der Waals surface area contributed by atoms with E-state index in [-0.39, 0.29) is 0 Å². The van der Waals surface area contributed by atoms with Crippen LogP contribution in [0.3, 0.4) is 0 Å². The van der Waals surface area contributed by atoms with Gasteiger partial charge in [0, 0.05) is 13.1 Å². The summed E-state index contributed by atoms with van der Waals surface area (Å²) in [4.78, 5) is 2.25. The summed E-state index contributed by atoms with van der Waals surface area (Å²) in [6.45, 7) is 7.92. The molecule has 0 saturated carbocycles. The summed E-state index contributed by atoms with van der Waals surface area (Å²) in [6.07, 6.45) is 2.55. The van der Waals surface area contributed by atoms with Crippen molar-refractivity contribution in [1.29, 1.82) is 0 Å². The van der Waals surface area contributed by atoms with Crippen LogP contribution < -0.4 is 5.32 Å². The molecule has 3 nitrogen and oxygen atoms in total. The van der Waals surface area contributed by atoms with E-state index in [1.165, 1.54) is 12.8 Å². The zero-order valence-electron chi connectivity index (χ0n) is 9.71. The van der Waals surface area contributed by atoms with Crippen LogP contribution in [0.25, 0.3) is 0 Å². The van der Waals surface area contributed by atoms with Crippen molar-refractivity contribution in [2.24, 2.45) is 5.92 Å². The Morgan fingerprint density at radius 2 is 1.93 bits per heavy atom. The van der Waals surface area contributed by atoms with Gasteiger partial charge in [0.2, 0.25) is 0 Å². The molecule has 1 aliphatic heterocycles. The van der Waals surface area contributed by atoms with E-state index in [4.69, 9.17) is 0 Å². The fourth-order valence-corrected chi connectivity index (χ4v) is 2.23. The summed E-state index contributed by atoms with van der Waals surface area (Å²) in [5, 5.41) is 13.0. The van der Waals surface area contributed by atoms with Crippen molar-refractivity contribution in [1.82, 2.24) is 10.2 Å². The summed E-state index contributed by atoms with van der Waals surface area (Å²) in [6, 6.07) is 0. The molecule has 0 amide bonds. The second-order valence-electron chi connectivity index (χ2n) is 5.20. The molecule has 0 aromatic heterocycles. The van der Waals surface area contributed by atoms with E-state index in [0.29, 0.717) is 0 Å². The average Bonchev–Trinajstić information content (AvgIpc) is 2.02. The molecule has 0 radical (unpaired) electrons. The lowest BCUT2D eigenvalue weighted by atomic mass is 9.97. The number of rotatable bonds is 4.